The van der Waals surface area contributed by atoms with Crippen LogP contribution in [0.3, 0.4) is 0 Å². The molecule has 0 heterocycles. The van der Waals surface area contributed by atoms with Crippen LogP contribution in [0.2, 0.25) is 0 Å². The maximum atomic E-state index is 12.2. The summed E-state index contributed by atoms with van der Waals surface area (Å²) in [4.78, 5) is 12.2. The second kappa shape index (κ2) is 7.88. The van der Waals surface area contributed by atoms with Crippen LogP contribution >= 0.6 is 0 Å². The molecule has 2 aromatic carbocycles. The van der Waals surface area contributed by atoms with Crippen LogP contribution in [0.25, 0.3) is 0 Å². The summed E-state index contributed by atoms with van der Waals surface area (Å²) in [5.41, 5.74) is 4.12. The first-order valence-electron chi connectivity index (χ1n) is 8.22. The Morgan fingerprint density at radius 1 is 1.08 bits per heavy atom. The summed E-state index contributed by atoms with van der Waals surface area (Å²) in [5, 5.41) is 7.92. The Hall–Kier alpha value is -2.38. The van der Waals surface area contributed by atoms with Gasteiger partial charge in [-0.05, 0) is 62.6 Å². The van der Waals surface area contributed by atoms with Crippen LogP contribution < -0.4 is 15.2 Å². The molecular formula is C19H24N2O4S. The van der Waals surface area contributed by atoms with Gasteiger partial charge >= 0.3 is 0 Å². The van der Waals surface area contributed by atoms with Gasteiger partial charge in [-0.3, -0.25) is 4.79 Å². The fourth-order valence-electron chi connectivity index (χ4n) is 2.55. The molecule has 1 amide bonds. The highest BCUT2D eigenvalue weighted by Gasteiger charge is 2.14. The largest absolute Gasteiger partial charge is 0.493 e. The molecule has 0 atom stereocenters. The van der Waals surface area contributed by atoms with Crippen LogP contribution in [0.1, 0.15) is 28.7 Å². The minimum absolute atomic E-state index is 0.0255. The van der Waals surface area contributed by atoms with Gasteiger partial charge in [-0.25, -0.2) is 13.6 Å². The SMILES string of the molecule is Cc1ccc(OCCC(=O)Nc2cc(S(N)(=O)=O)cc(C)c2C)c(C)c1. The van der Waals surface area contributed by atoms with Crippen molar-refractivity contribution in [3.63, 3.8) is 0 Å². The van der Waals surface area contributed by atoms with Crippen LogP contribution in [0.4, 0.5) is 5.69 Å². The highest BCUT2D eigenvalue weighted by atomic mass is 32.2. The molecule has 3 N–H and O–H groups in total. The van der Waals surface area contributed by atoms with Gasteiger partial charge in [0.25, 0.3) is 0 Å². The van der Waals surface area contributed by atoms with Crippen LogP contribution in [-0.4, -0.2) is 20.9 Å². The van der Waals surface area contributed by atoms with Crippen molar-refractivity contribution in [1.29, 1.82) is 0 Å². The Morgan fingerprint density at radius 3 is 2.38 bits per heavy atom. The molecule has 0 unspecified atom stereocenters. The van der Waals surface area contributed by atoms with Crippen molar-refractivity contribution < 1.29 is 17.9 Å². The first-order chi connectivity index (χ1) is 12.1. The predicted octanol–water partition coefficient (Wildman–Crippen LogP) is 2.98. The van der Waals surface area contributed by atoms with Gasteiger partial charge in [0.15, 0.2) is 0 Å². The molecule has 2 rings (SSSR count). The summed E-state index contributed by atoms with van der Waals surface area (Å²) in [6.45, 7) is 7.76. The molecule has 6 nitrogen and oxygen atoms in total. The molecule has 0 aliphatic heterocycles. The number of primary sulfonamides is 1. The fraction of sp³-hybridized carbons (Fsp3) is 0.316. The highest BCUT2D eigenvalue weighted by Crippen LogP contribution is 2.24. The van der Waals surface area contributed by atoms with E-state index < -0.39 is 10.0 Å². The van der Waals surface area contributed by atoms with E-state index in [-0.39, 0.29) is 23.8 Å². The molecule has 140 valence electrons. The average molecular weight is 376 g/mol. The summed E-state index contributed by atoms with van der Waals surface area (Å²) in [5.74, 6) is 0.482. The minimum atomic E-state index is -3.84. The molecule has 0 fully saturated rings. The van der Waals surface area contributed by atoms with Crippen LogP contribution in [0.5, 0.6) is 5.75 Å². The number of aryl methyl sites for hydroxylation is 3. The number of hydrogen-bond acceptors (Lipinski definition) is 4. The number of nitrogens with one attached hydrogen (secondary N) is 1. The number of amides is 1. The lowest BCUT2D eigenvalue weighted by Crippen LogP contribution is -2.18. The zero-order valence-corrected chi connectivity index (χ0v) is 16.2. The number of carbonyl (C=O) groups excluding carboxylic acids is 1. The van der Waals surface area contributed by atoms with Crippen LogP contribution in [-0.2, 0) is 14.8 Å². The maximum absolute atomic E-state index is 12.2. The van der Waals surface area contributed by atoms with E-state index in [0.717, 1.165) is 28.0 Å². The standard InChI is InChI=1S/C19H24N2O4S/c1-12-5-6-18(14(3)9-12)25-8-7-19(22)21-17-11-16(26(20,23)24)10-13(2)15(17)4/h5-6,9-11H,7-8H2,1-4H3,(H,21,22)(H2,20,23,24). The second-order valence-corrected chi connectivity index (χ2v) is 7.93. The molecule has 26 heavy (non-hydrogen) atoms. The number of hydrogen-bond donors (Lipinski definition) is 2. The van der Waals surface area contributed by atoms with Gasteiger partial charge in [0.05, 0.1) is 17.9 Å². The van der Waals surface area contributed by atoms with Crippen LogP contribution in [0, 0.1) is 27.7 Å². The van der Waals surface area contributed by atoms with E-state index >= 15 is 0 Å². The molecule has 0 bridgehead atoms. The summed E-state index contributed by atoms with van der Waals surface area (Å²) in [6.07, 6.45) is 0.144. The number of nitrogens with two attached hydrogens (primary N) is 1. The van der Waals surface area contributed by atoms with E-state index in [9.17, 15) is 13.2 Å². The van der Waals surface area contributed by atoms with Gasteiger partial charge in [-0.1, -0.05) is 17.7 Å². The predicted molar refractivity (Wildman–Crippen MR) is 102 cm³/mol. The second-order valence-electron chi connectivity index (χ2n) is 6.37. The zero-order chi connectivity index (χ0) is 19.5. The number of rotatable bonds is 6. The van der Waals surface area contributed by atoms with E-state index in [0.29, 0.717) is 5.69 Å². The molecule has 0 aromatic heterocycles. The van der Waals surface area contributed by atoms with E-state index in [2.05, 4.69) is 5.32 Å². The first kappa shape index (κ1) is 19.9. The molecule has 0 saturated carbocycles. The lowest BCUT2D eigenvalue weighted by Gasteiger charge is -2.13. The molecule has 0 saturated heterocycles. The lowest BCUT2D eigenvalue weighted by molar-refractivity contribution is -0.116. The van der Waals surface area contributed by atoms with Gasteiger partial charge in [0, 0.05) is 5.69 Å². The Kier molecular flexibility index (Phi) is 6.05. The first-order valence-corrected chi connectivity index (χ1v) is 9.76. The maximum Gasteiger partial charge on any atom is 0.238 e. The lowest BCUT2D eigenvalue weighted by atomic mass is 10.1. The number of benzene rings is 2. The Balaban J connectivity index is 2.02. The molecule has 0 aliphatic carbocycles. The Labute approximate surface area is 154 Å². The molecule has 0 spiro atoms. The quantitative estimate of drug-likeness (QED) is 0.810. The summed E-state index contributed by atoms with van der Waals surface area (Å²) >= 11 is 0. The van der Waals surface area contributed by atoms with Crippen molar-refractivity contribution in [2.75, 3.05) is 11.9 Å². The minimum Gasteiger partial charge on any atom is -0.493 e. The van der Waals surface area contributed by atoms with E-state index in [4.69, 9.17) is 9.88 Å². The Bertz CT molecular complexity index is 937. The number of carbonyl (C=O) groups is 1. The molecule has 0 radical (unpaired) electrons. The molecular weight excluding hydrogens is 352 g/mol. The monoisotopic (exact) mass is 376 g/mol. The fourth-order valence-corrected chi connectivity index (χ4v) is 3.17. The highest BCUT2D eigenvalue weighted by molar-refractivity contribution is 7.89. The van der Waals surface area contributed by atoms with Gasteiger partial charge < -0.3 is 10.1 Å². The van der Waals surface area contributed by atoms with Gasteiger partial charge in [0.2, 0.25) is 15.9 Å². The number of ether oxygens (including phenoxy) is 1. The zero-order valence-electron chi connectivity index (χ0n) is 15.4. The third-order valence-electron chi connectivity index (χ3n) is 4.16. The topological polar surface area (TPSA) is 98.5 Å². The third kappa shape index (κ3) is 5.06. The molecule has 7 heteroatoms. The van der Waals surface area contributed by atoms with E-state index in [1.807, 2.05) is 39.0 Å². The average Bonchev–Trinajstić information content (AvgIpc) is 2.52. The van der Waals surface area contributed by atoms with Crippen molar-refractivity contribution in [3.8, 4) is 5.75 Å². The Morgan fingerprint density at radius 2 is 1.77 bits per heavy atom. The smallest absolute Gasteiger partial charge is 0.238 e. The van der Waals surface area contributed by atoms with Crippen molar-refractivity contribution >= 4 is 21.6 Å². The van der Waals surface area contributed by atoms with Crippen molar-refractivity contribution in [3.05, 3.63) is 52.6 Å². The normalized spacial score (nSPS) is 11.3. The van der Waals surface area contributed by atoms with Crippen molar-refractivity contribution in [2.45, 2.75) is 39.0 Å². The van der Waals surface area contributed by atoms with Crippen LogP contribution in [0.15, 0.2) is 35.2 Å². The molecule has 2 aromatic rings. The van der Waals surface area contributed by atoms with Crippen molar-refractivity contribution in [2.24, 2.45) is 5.14 Å². The summed E-state index contributed by atoms with van der Waals surface area (Å²) in [7, 11) is -3.84. The van der Waals surface area contributed by atoms with Crippen molar-refractivity contribution in [1.82, 2.24) is 0 Å². The van der Waals surface area contributed by atoms with Gasteiger partial charge in [-0.2, -0.15) is 0 Å². The van der Waals surface area contributed by atoms with E-state index in [1.165, 1.54) is 12.1 Å². The molecule has 0 aliphatic rings. The summed E-state index contributed by atoms with van der Waals surface area (Å²) < 4.78 is 28.8. The van der Waals surface area contributed by atoms with E-state index in [1.54, 1.807) is 6.92 Å². The summed E-state index contributed by atoms with van der Waals surface area (Å²) in [6, 6.07) is 8.71. The van der Waals surface area contributed by atoms with Gasteiger partial charge in [-0.15, -0.1) is 0 Å². The van der Waals surface area contributed by atoms with Gasteiger partial charge in [0.1, 0.15) is 5.75 Å². The number of sulfonamides is 1. The third-order valence-corrected chi connectivity index (χ3v) is 5.05. The number of anilines is 1.